The highest BCUT2D eigenvalue weighted by Gasteiger charge is 2.15. The van der Waals surface area contributed by atoms with Crippen molar-refractivity contribution >= 4 is 23.2 Å². The fourth-order valence-electron chi connectivity index (χ4n) is 1.65. The molecule has 0 aromatic carbocycles. The van der Waals surface area contributed by atoms with E-state index in [-0.39, 0.29) is 17.9 Å². The van der Waals surface area contributed by atoms with Crippen LogP contribution in [0.1, 0.15) is 23.6 Å². The highest BCUT2D eigenvalue weighted by Crippen LogP contribution is 2.17. The van der Waals surface area contributed by atoms with Gasteiger partial charge >= 0.3 is 5.97 Å². The van der Waals surface area contributed by atoms with E-state index in [2.05, 4.69) is 10.1 Å². The Morgan fingerprint density at radius 1 is 1.40 bits per heavy atom. The fourth-order valence-corrected chi connectivity index (χ4v) is 2.61. The molecule has 1 N–H and O–H groups in total. The van der Waals surface area contributed by atoms with Crippen LogP contribution in [0.5, 0.6) is 0 Å². The van der Waals surface area contributed by atoms with Crippen molar-refractivity contribution in [3.05, 3.63) is 21.9 Å². The number of likely N-dealkylation sites (N-methyl/N-ethyl adjacent to an activating group) is 1. The summed E-state index contributed by atoms with van der Waals surface area (Å²) in [5, 5.41) is 3.20. The Hall–Kier alpha value is -1.40. The Morgan fingerprint density at radius 3 is 2.65 bits per heavy atom. The van der Waals surface area contributed by atoms with Gasteiger partial charge in [0.1, 0.15) is 0 Å². The van der Waals surface area contributed by atoms with Crippen LogP contribution in [0.25, 0.3) is 0 Å². The molecular formula is C14H22N2O3S. The molecule has 0 aliphatic heterocycles. The number of carbonyl (C=O) groups excluding carboxylic acids is 2. The number of hydrogen-bond donors (Lipinski definition) is 1. The largest absolute Gasteiger partial charge is 0.469 e. The van der Waals surface area contributed by atoms with Gasteiger partial charge in [-0.2, -0.15) is 0 Å². The molecule has 1 aromatic heterocycles. The van der Waals surface area contributed by atoms with Crippen LogP contribution in [0.2, 0.25) is 0 Å². The van der Waals surface area contributed by atoms with Gasteiger partial charge in [-0.3, -0.25) is 9.59 Å². The maximum Gasteiger partial charge on any atom is 0.310 e. The summed E-state index contributed by atoms with van der Waals surface area (Å²) in [6, 6.07) is 3.67. The van der Waals surface area contributed by atoms with Crippen molar-refractivity contribution in [2.24, 2.45) is 0 Å². The number of esters is 1. The highest BCUT2D eigenvalue weighted by molar-refractivity contribution is 7.12. The first-order chi connectivity index (χ1) is 9.47. The maximum absolute atomic E-state index is 11.9. The zero-order valence-electron chi connectivity index (χ0n) is 12.4. The molecule has 0 radical (unpaired) electrons. The summed E-state index contributed by atoms with van der Waals surface area (Å²) >= 11 is 1.56. The number of carbonyl (C=O) groups is 2. The number of rotatable bonds is 7. The molecule has 0 fully saturated rings. The predicted molar refractivity (Wildman–Crippen MR) is 79.7 cm³/mol. The average molecular weight is 298 g/mol. The third-order valence-corrected chi connectivity index (χ3v) is 4.15. The second-order valence-electron chi connectivity index (χ2n) is 4.58. The molecule has 20 heavy (non-hydrogen) atoms. The van der Waals surface area contributed by atoms with Gasteiger partial charge in [0.05, 0.1) is 19.6 Å². The van der Waals surface area contributed by atoms with Crippen LogP contribution in [-0.2, 0) is 27.3 Å². The number of ether oxygens (including phenoxy) is 1. The molecule has 112 valence electrons. The standard InChI is InChI=1S/C14H22N2O3S/c1-5-16(3)14(18)10(2)15-9-12-7-6-11(20-12)8-13(17)19-4/h6-7,10,15H,5,8-9H2,1-4H3. The summed E-state index contributed by atoms with van der Waals surface area (Å²) < 4.78 is 4.63. The molecule has 1 rings (SSSR count). The molecule has 0 aliphatic carbocycles. The topological polar surface area (TPSA) is 58.6 Å². The molecule has 0 saturated heterocycles. The van der Waals surface area contributed by atoms with E-state index in [1.165, 1.54) is 7.11 Å². The lowest BCUT2D eigenvalue weighted by Gasteiger charge is -2.20. The van der Waals surface area contributed by atoms with Gasteiger partial charge in [-0.05, 0) is 26.0 Å². The number of nitrogens with one attached hydrogen (secondary N) is 1. The van der Waals surface area contributed by atoms with Crippen LogP contribution in [0.15, 0.2) is 12.1 Å². The Balaban J connectivity index is 2.46. The predicted octanol–water partition coefficient (Wildman–Crippen LogP) is 1.42. The first-order valence-electron chi connectivity index (χ1n) is 6.60. The van der Waals surface area contributed by atoms with Crippen molar-refractivity contribution in [1.82, 2.24) is 10.2 Å². The summed E-state index contributed by atoms with van der Waals surface area (Å²) in [5.41, 5.74) is 0. The Morgan fingerprint density at radius 2 is 2.05 bits per heavy atom. The van der Waals surface area contributed by atoms with Crippen LogP contribution >= 0.6 is 11.3 Å². The number of thiophene rings is 1. The van der Waals surface area contributed by atoms with E-state index in [0.717, 1.165) is 9.75 Å². The van der Waals surface area contributed by atoms with Crippen LogP contribution in [0, 0.1) is 0 Å². The van der Waals surface area contributed by atoms with Gasteiger partial charge in [0.2, 0.25) is 5.91 Å². The van der Waals surface area contributed by atoms with E-state index in [1.807, 2.05) is 26.0 Å². The van der Waals surface area contributed by atoms with E-state index < -0.39 is 0 Å². The van der Waals surface area contributed by atoms with Crippen LogP contribution in [0.4, 0.5) is 0 Å². The molecule has 0 saturated carbocycles. The summed E-state index contributed by atoms with van der Waals surface area (Å²) in [6.45, 7) is 5.13. The Bertz CT molecular complexity index is 459. The quantitative estimate of drug-likeness (QED) is 0.774. The van der Waals surface area contributed by atoms with Crippen molar-refractivity contribution in [3.63, 3.8) is 0 Å². The first kappa shape index (κ1) is 16.7. The molecule has 1 amide bonds. The van der Waals surface area contributed by atoms with Gasteiger partial charge in [-0.25, -0.2) is 0 Å². The van der Waals surface area contributed by atoms with Crippen molar-refractivity contribution in [2.45, 2.75) is 32.9 Å². The molecule has 1 heterocycles. The molecule has 5 nitrogen and oxygen atoms in total. The van der Waals surface area contributed by atoms with Gasteiger partial charge in [0.25, 0.3) is 0 Å². The highest BCUT2D eigenvalue weighted by atomic mass is 32.1. The normalized spacial score (nSPS) is 12.0. The van der Waals surface area contributed by atoms with E-state index in [0.29, 0.717) is 19.5 Å². The second-order valence-corrected chi connectivity index (χ2v) is 5.83. The van der Waals surface area contributed by atoms with Gasteiger partial charge in [-0.1, -0.05) is 0 Å². The van der Waals surface area contributed by atoms with Crippen LogP contribution < -0.4 is 5.32 Å². The smallest absolute Gasteiger partial charge is 0.310 e. The first-order valence-corrected chi connectivity index (χ1v) is 7.42. The zero-order valence-corrected chi connectivity index (χ0v) is 13.3. The Kier molecular flexibility index (Phi) is 6.67. The van der Waals surface area contributed by atoms with Crippen molar-refractivity contribution in [2.75, 3.05) is 20.7 Å². The maximum atomic E-state index is 11.9. The van der Waals surface area contributed by atoms with Crippen molar-refractivity contribution in [1.29, 1.82) is 0 Å². The molecular weight excluding hydrogens is 276 g/mol. The number of amides is 1. The van der Waals surface area contributed by atoms with Gasteiger partial charge < -0.3 is 15.0 Å². The lowest BCUT2D eigenvalue weighted by molar-refractivity contribution is -0.139. The number of methoxy groups -OCH3 is 1. The van der Waals surface area contributed by atoms with E-state index in [9.17, 15) is 9.59 Å². The van der Waals surface area contributed by atoms with Crippen molar-refractivity contribution in [3.8, 4) is 0 Å². The van der Waals surface area contributed by atoms with Crippen LogP contribution in [-0.4, -0.2) is 43.5 Å². The fraction of sp³-hybridized carbons (Fsp3) is 0.571. The number of hydrogen-bond acceptors (Lipinski definition) is 5. The third kappa shape index (κ3) is 4.94. The molecule has 0 bridgehead atoms. The van der Waals surface area contributed by atoms with Gasteiger partial charge in [-0.15, -0.1) is 11.3 Å². The molecule has 0 aliphatic rings. The molecule has 1 aromatic rings. The van der Waals surface area contributed by atoms with E-state index in [1.54, 1.807) is 23.3 Å². The number of nitrogens with zero attached hydrogens (tertiary/aromatic N) is 1. The minimum atomic E-state index is -0.237. The van der Waals surface area contributed by atoms with Crippen LogP contribution in [0.3, 0.4) is 0 Å². The van der Waals surface area contributed by atoms with Crippen molar-refractivity contribution < 1.29 is 14.3 Å². The van der Waals surface area contributed by atoms with Gasteiger partial charge in [0, 0.05) is 29.9 Å². The lowest BCUT2D eigenvalue weighted by atomic mass is 10.3. The SMILES string of the molecule is CCN(C)C(=O)C(C)NCc1ccc(CC(=O)OC)s1. The minimum Gasteiger partial charge on any atom is -0.469 e. The summed E-state index contributed by atoms with van der Waals surface area (Å²) in [7, 11) is 3.18. The summed E-state index contributed by atoms with van der Waals surface area (Å²) in [4.78, 5) is 26.8. The third-order valence-electron chi connectivity index (χ3n) is 3.07. The average Bonchev–Trinajstić information content (AvgIpc) is 2.90. The summed E-state index contributed by atoms with van der Waals surface area (Å²) in [5.74, 6) is -0.154. The molecule has 1 unspecified atom stereocenters. The minimum absolute atomic E-state index is 0.0823. The lowest BCUT2D eigenvalue weighted by Crippen LogP contribution is -2.42. The zero-order chi connectivity index (χ0) is 15.1. The van der Waals surface area contributed by atoms with E-state index >= 15 is 0 Å². The summed E-state index contributed by atoms with van der Waals surface area (Å²) in [6.07, 6.45) is 0.300. The monoisotopic (exact) mass is 298 g/mol. The van der Waals surface area contributed by atoms with E-state index in [4.69, 9.17) is 0 Å². The molecule has 6 heteroatoms. The molecule has 1 atom stereocenters. The van der Waals surface area contributed by atoms with Gasteiger partial charge in [0.15, 0.2) is 0 Å². The molecule has 0 spiro atoms. The Labute approximate surface area is 123 Å². The second kappa shape index (κ2) is 8.01.